The van der Waals surface area contributed by atoms with Crippen LogP contribution in [0, 0.1) is 5.82 Å². The second-order valence-corrected chi connectivity index (χ2v) is 11.2. The number of hydrogen-bond acceptors (Lipinski definition) is 5. The minimum Gasteiger partial charge on any atom is -0.392 e. The Morgan fingerprint density at radius 1 is 1.00 bits per heavy atom. The Morgan fingerprint density at radius 3 is 2.43 bits per heavy atom. The maximum Gasteiger partial charge on any atom is 0.282 e. The molecule has 0 fully saturated rings. The highest BCUT2D eigenvalue weighted by atomic mass is 19.1. The SMILES string of the molecule is CC(C)(C)c1cc(F)c2c(=O)n(-c3cccc(-n4cc(C(N)=O)c5ccc(-c6ccccc6)nc54)c3CO)ncc2c1. The number of nitrogens with two attached hydrogens (primary N) is 1. The number of fused-ring (bicyclic) bond motifs is 2. The normalized spacial score (nSPS) is 11.8. The van der Waals surface area contributed by atoms with Crippen LogP contribution in [0.25, 0.3) is 44.4 Å². The van der Waals surface area contributed by atoms with Gasteiger partial charge >= 0.3 is 0 Å². The first kappa shape index (κ1) is 27.0. The molecule has 0 bridgehead atoms. The van der Waals surface area contributed by atoms with Crippen LogP contribution in [0.4, 0.5) is 4.39 Å². The average molecular weight is 562 g/mol. The Bertz CT molecular complexity index is 2070. The van der Waals surface area contributed by atoms with Crippen molar-refractivity contribution in [1.29, 1.82) is 0 Å². The molecule has 42 heavy (non-hydrogen) atoms. The molecule has 3 aromatic carbocycles. The lowest BCUT2D eigenvalue weighted by Crippen LogP contribution is -2.24. The smallest absolute Gasteiger partial charge is 0.282 e. The minimum absolute atomic E-state index is 0.0936. The first-order valence-electron chi connectivity index (χ1n) is 13.4. The number of rotatable bonds is 5. The van der Waals surface area contributed by atoms with Gasteiger partial charge < -0.3 is 15.4 Å². The number of aromatic nitrogens is 4. The zero-order valence-electron chi connectivity index (χ0n) is 23.3. The number of amides is 1. The molecule has 0 radical (unpaired) electrons. The Labute approximate surface area is 240 Å². The van der Waals surface area contributed by atoms with Gasteiger partial charge in [-0.2, -0.15) is 9.78 Å². The summed E-state index contributed by atoms with van der Waals surface area (Å²) < 4.78 is 18.1. The molecule has 210 valence electrons. The van der Waals surface area contributed by atoms with Gasteiger partial charge in [0, 0.05) is 28.1 Å². The molecule has 0 aliphatic heterocycles. The fourth-order valence-corrected chi connectivity index (χ4v) is 5.24. The lowest BCUT2D eigenvalue weighted by molar-refractivity contribution is 0.100. The van der Waals surface area contributed by atoms with E-state index in [0.717, 1.165) is 15.8 Å². The number of primary amides is 1. The summed E-state index contributed by atoms with van der Waals surface area (Å²) in [6.45, 7) is 5.42. The van der Waals surface area contributed by atoms with E-state index in [2.05, 4.69) is 5.10 Å². The Morgan fingerprint density at radius 2 is 1.74 bits per heavy atom. The molecule has 3 heterocycles. The van der Waals surface area contributed by atoms with Crippen molar-refractivity contribution in [3.63, 3.8) is 0 Å². The molecule has 6 aromatic rings. The monoisotopic (exact) mass is 561 g/mol. The first-order chi connectivity index (χ1) is 20.1. The molecule has 3 aromatic heterocycles. The van der Waals surface area contributed by atoms with Crippen molar-refractivity contribution < 1.29 is 14.3 Å². The maximum atomic E-state index is 15.3. The van der Waals surface area contributed by atoms with Gasteiger partial charge in [0.15, 0.2) is 0 Å². The molecule has 0 unspecified atom stereocenters. The second kappa shape index (κ2) is 10.0. The van der Waals surface area contributed by atoms with Crippen LogP contribution < -0.4 is 11.3 Å². The highest BCUT2D eigenvalue weighted by Crippen LogP contribution is 2.31. The largest absolute Gasteiger partial charge is 0.392 e. The van der Waals surface area contributed by atoms with Crippen molar-refractivity contribution in [1.82, 2.24) is 19.3 Å². The number of aliphatic hydroxyl groups is 1. The molecule has 0 aliphatic carbocycles. The van der Waals surface area contributed by atoms with Crippen LogP contribution in [0.5, 0.6) is 0 Å². The van der Waals surface area contributed by atoms with E-state index in [1.807, 2.05) is 57.2 Å². The van der Waals surface area contributed by atoms with Gasteiger partial charge in [0.1, 0.15) is 11.5 Å². The van der Waals surface area contributed by atoms with Crippen LogP contribution in [0.1, 0.15) is 42.3 Å². The van der Waals surface area contributed by atoms with Gasteiger partial charge in [-0.05, 0) is 47.4 Å². The summed E-state index contributed by atoms with van der Waals surface area (Å²) in [5.74, 6) is -1.27. The fourth-order valence-electron chi connectivity index (χ4n) is 5.24. The lowest BCUT2D eigenvalue weighted by atomic mass is 9.86. The van der Waals surface area contributed by atoms with E-state index in [1.165, 1.54) is 12.3 Å². The van der Waals surface area contributed by atoms with Gasteiger partial charge in [-0.3, -0.25) is 9.59 Å². The van der Waals surface area contributed by atoms with E-state index < -0.39 is 23.9 Å². The third-order valence-corrected chi connectivity index (χ3v) is 7.46. The van der Waals surface area contributed by atoms with Gasteiger partial charge in [-0.15, -0.1) is 0 Å². The third-order valence-electron chi connectivity index (χ3n) is 7.46. The van der Waals surface area contributed by atoms with Crippen LogP contribution in [0.3, 0.4) is 0 Å². The van der Waals surface area contributed by atoms with Gasteiger partial charge in [-0.25, -0.2) is 9.37 Å². The number of hydrogen-bond donors (Lipinski definition) is 2. The number of aliphatic hydroxyl groups excluding tert-OH is 1. The van der Waals surface area contributed by atoms with Gasteiger partial charge in [0.05, 0.1) is 40.8 Å². The number of halogens is 1. The minimum atomic E-state index is -0.656. The van der Waals surface area contributed by atoms with Crippen molar-refractivity contribution in [2.45, 2.75) is 32.8 Å². The van der Waals surface area contributed by atoms with E-state index in [1.54, 1.807) is 41.1 Å². The van der Waals surface area contributed by atoms with Crippen LogP contribution in [0.2, 0.25) is 0 Å². The predicted molar refractivity (Wildman–Crippen MR) is 161 cm³/mol. The second-order valence-electron chi connectivity index (χ2n) is 11.2. The summed E-state index contributed by atoms with van der Waals surface area (Å²) >= 11 is 0. The standard InChI is InChI=1S/C33H28FN5O3/c1-33(2,3)21-14-20-16-36-39(32(42)29(20)25(34)15-21)28-11-7-10-27(24(28)18-40)38-17-23(30(35)41)22-12-13-26(37-31(22)38)19-8-5-4-6-9-19/h4-17,40H,18H2,1-3H3,(H2,35,41). The molecule has 8 nitrogen and oxygen atoms in total. The Hall–Kier alpha value is -5.15. The third kappa shape index (κ3) is 4.44. The van der Waals surface area contributed by atoms with Crippen LogP contribution in [-0.2, 0) is 12.0 Å². The molecule has 0 saturated heterocycles. The fraction of sp³-hybridized carbons (Fsp3) is 0.152. The van der Waals surface area contributed by atoms with E-state index in [-0.39, 0.29) is 22.1 Å². The molecular weight excluding hydrogens is 533 g/mol. The summed E-state index contributed by atoms with van der Waals surface area (Å²) in [5, 5.41) is 15.8. The Balaban J connectivity index is 1.58. The molecule has 1 amide bonds. The average Bonchev–Trinajstić information content (AvgIpc) is 3.36. The highest BCUT2D eigenvalue weighted by molar-refractivity contribution is 6.06. The van der Waals surface area contributed by atoms with Gasteiger partial charge in [0.25, 0.3) is 11.5 Å². The van der Waals surface area contributed by atoms with Crippen molar-refractivity contribution >= 4 is 27.7 Å². The Kier molecular flexibility index (Phi) is 6.46. The zero-order valence-corrected chi connectivity index (χ0v) is 23.3. The van der Waals surface area contributed by atoms with Gasteiger partial charge in [-0.1, -0.05) is 57.2 Å². The molecule has 9 heteroatoms. The number of benzene rings is 3. The van der Waals surface area contributed by atoms with Crippen LogP contribution >= 0.6 is 0 Å². The first-order valence-corrected chi connectivity index (χ1v) is 13.4. The molecule has 6 rings (SSSR count). The summed E-state index contributed by atoms with van der Waals surface area (Å²) in [6.07, 6.45) is 3.02. The molecular formula is C33H28FN5O3. The topological polar surface area (TPSA) is 116 Å². The number of carbonyl (C=O) groups excluding carboxylic acids is 1. The highest BCUT2D eigenvalue weighted by Gasteiger charge is 2.22. The molecule has 0 spiro atoms. The summed E-state index contributed by atoms with van der Waals surface area (Å²) in [4.78, 5) is 30.9. The van der Waals surface area contributed by atoms with Crippen molar-refractivity contribution in [2.24, 2.45) is 5.73 Å². The van der Waals surface area contributed by atoms with Crippen LogP contribution in [-0.4, -0.2) is 30.3 Å². The quantitative estimate of drug-likeness (QED) is 0.292. The lowest BCUT2D eigenvalue weighted by Gasteiger charge is -2.20. The summed E-state index contributed by atoms with van der Waals surface area (Å²) in [5.41, 5.74) is 8.80. The van der Waals surface area contributed by atoms with Crippen molar-refractivity contribution in [3.8, 4) is 22.6 Å². The van der Waals surface area contributed by atoms with Crippen molar-refractivity contribution in [3.05, 3.63) is 118 Å². The van der Waals surface area contributed by atoms with E-state index in [0.29, 0.717) is 33.4 Å². The van der Waals surface area contributed by atoms with Gasteiger partial charge in [0.2, 0.25) is 0 Å². The van der Waals surface area contributed by atoms with E-state index in [9.17, 15) is 14.7 Å². The summed E-state index contributed by atoms with van der Waals surface area (Å²) in [7, 11) is 0. The van der Waals surface area contributed by atoms with E-state index in [4.69, 9.17) is 10.7 Å². The number of nitrogens with zero attached hydrogens (tertiary/aromatic N) is 4. The predicted octanol–water partition coefficient (Wildman–Crippen LogP) is 5.42. The molecule has 3 N–H and O–H groups in total. The molecule has 0 saturated carbocycles. The maximum absolute atomic E-state index is 15.3. The number of pyridine rings is 1. The summed E-state index contributed by atoms with van der Waals surface area (Å²) in [6, 6.07) is 21.4. The zero-order chi connectivity index (χ0) is 29.8. The van der Waals surface area contributed by atoms with Crippen molar-refractivity contribution in [2.75, 3.05) is 0 Å². The van der Waals surface area contributed by atoms with E-state index >= 15 is 4.39 Å². The van der Waals surface area contributed by atoms with Crippen LogP contribution in [0.15, 0.2) is 90.0 Å². The number of carbonyl (C=O) groups is 1. The molecule has 0 atom stereocenters. The molecule has 0 aliphatic rings.